The SMILES string of the molecule is O=c1c2ccccc2c(CCCCCl)c(-c2cccc3ccccc23)n1-c1ccccc1Cl. The Bertz CT molecular complexity index is 1510. The number of hydrogen-bond donors (Lipinski definition) is 0. The average molecular weight is 472 g/mol. The Hall–Kier alpha value is -3.07. The van der Waals surface area contributed by atoms with Gasteiger partial charge < -0.3 is 0 Å². The van der Waals surface area contributed by atoms with Crippen molar-refractivity contribution in [2.75, 3.05) is 5.88 Å². The Labute approximate surface area is 203 Å². The normalized spacial score (nSPS) is 11.3. The Kier molecular flexibility index (Phi) is 6.22. The summed E-state index contributed by atoms with van der Waals surface area (Å²) >= 11 is 12.7. The number of aromatic nitrogens is 1. The highest BCUT2D eigenvalue weighted by atomic mass is 35.5. The molecule has 0 aliphatic rings. The van der Waals surface area contributed by atoms with Crippen molar-refractivity contribution < 1.29 is 0 Å². The number of pyridine rings is 1. The number of hydrogen-bond acceptors (Lipinski definition) is 1. The van der Waals surface area contributed by atoms with Crippen LogP contribution >= 0.6 is 23.2 Å². The number of alkyl halides is 1. The van der Waals surface area contributed by atoms with Crippen molar-refractivity contribution in [3.05, 3.63) is 112 Å². The van der Waals surface area contributed by atoms with Crippen molar-refractivity contribution in [3.63, 3.8) is 0 Å². The zero-order chi connectivity index (χ0) is 22.8. The molecule has 1 heterocycles. The van der Waals surface area contributed by atoms with Gasteiger partial charge in [0.05, 0.1) is 16.4 Å². The predicted octanol–water partition coefficient (Wildman–Crippen LogP) is 8.03. The van der Waals surface area contributed by atoms with Gasteiger partial charge in [0, 0.05) is 16.8 Å². The molecule has 0 saturated carbocycles. The van der Waals surface area contributed by atoms with Crippen molar-refractivity contribution in [1.29, 1.82) is 0 Å². The second-order valence-electron chi connectivity index (χ2n) is 8.14. The molecule has 5 aromatic rings. The van der Waals surface area contributed by atoms with E-state index < -0.39 is 0 Å². The molecule has 5 rings (SSSR count). The summed E-state index contributed by atoms with van der Waals surface area (Å²) in [6.07, 6.45) is 2.67. The number of fused-ring (bicyclic) bond motifs is 2. The highest BCUT2D eigenvalue weighted by Crippen LogP contribution is 2.37. The van der Waals surface area contributed by atoms with Gasteiger partial charge in [0.2, 0.25) is 0 Å². The molecule has 0 aliphatic heterocycles. The molecule has 2 nitrogen and oxygen atoms in total. The summed E-state index contributed by atoms with van der Waals surface area (Å²) in [5.74, 6) is 0.617. The van der Waals surface area contributed by atoms with Crippen LogP contribution in [0.3, 0.4) is 0 Å². The fraction of sp³-hybridized carbons (Fsp3) is 0.138. The topological polar surface area (TPSA) is 22.0 Å². The van der Waals surface area contributed by atoms with E-state index in [1.807, 2.05) is 59.2 Å². The van der Waals surface area contributed by atoms with E-state index in [0.717, 1.165) is 52.2 Å². The van der Waals surface area contributed by atoms with E-state index in [2.05, 4.69) is 36.4 Å². The van der Waals surface area contributed by atoms with Gasteiger partial charge in [-0.3, -0.25) is 9.36 Å². The number of benzene rings is 4. The first-order chi connectivity index (χ1) is 16.2. The molecule has 0 amide bonds. The summed E-state index contributed by atoms with van der Waals surface area (Å²) in [4.78, 5) is 14.0. The van der Waals surface area contributed by atoms with Crippen molar-refractivity contribution in [3.8, 4) is 16.9 Å². The van der Waals surface area contributed by atoms with Crippen molar-refractivity contribution >= 4 is 44.7 Å². The molecule has 0 fully saturated rings. The van der Waals surface area contributed by atoms with Gasteiger partial charge in [-0.15, -0.1) is 11.6 Å². The van der Waals surface area contributed by atoms with Gasteiger partial charge in [-0.25, -0.2) is 0 Å². The molecule has 0 unspecified atom stereocenters. The zero-order valence-electron chi connectivity index (χ0n) is 18.1. The van der Waals surface area contributed by atoms with Crippen LogP contribution in [0.5, 0.6) is 0 Å². The maximum Gasteiger partial charge on any atom is 0.263 e. The summed E-state index contributed by atoms with van der Waals surface area (Å²) < 4.78 is 1.81. The fourth-order valence-electron chi connectivity index (χ4n) is 4.64. The molecule has 0 spiro atoms. The molecule has 164 valence electrons. The van der Waals surface area contributed by atoms with Gasteiger partial charge >= 0.3 is 0 Å². The molecule has 0 atom stereocenters. The van der Waals surface area contributed by atoms with Crippen LogP contribution in [0.15, 0.2) is 95.8 Å². The van der Waals surface area contributed by atoms with Crippen LogP contribution in [0, 0.1) is 0 Å². The van der Waals surface area contributed by atoms with E-state index >= 15 is 0 Å². The number of nitrogens with zero attached hydrogens (tertiary/aromatic N) is 1. The number of halogens is 2. The molecular weight excluding hydrogens is 449 g/mol. The summed E-state index contributed by atoms with van der Waals surface area (Å²) in [6.45, 7) is 0. The van der Waals surface area contributed by atoms with Crippen molar-refractivity contribution in [2.45, 2.75) is 19.3 Å². The smallest absolute Gasteiger partial charge is 0.263 e. The third-order valence-electron chi connectivity index (χ3n) is 6.14. The van der Waals surface area contributed by atoms with Crippen molar-refractivity contribution in [2.24, 2.45) is 0 Å². The molecule has 0 radical (unpaired) electrons. The van der Waals surface area contributed by atoms with Crippen LogP contribution < -0.4 is 5.56 Å². The second kappa shape index (κ2) is 9.43. The maximum absolute atomic E-state index is 14.0. The van der Waals surface area contributed by atoms with Gasteiger partial charge in [-0.1, -0.05) is 84.4 Å². The van der Waals surface area contributed by atoms with Crippen LogP contribution in [-0.4, -0.2) is 10.4 Å². The van der Waals surface area contributed by atoms with Crippen molar-refractivity contribution in [1.82, 2.24) is 4.57 Å². The summed E-state index contributed by atoms with van der Waals surface area (Å²) in [5, 5.41) is 4.47. The maximum atomic E-state index is 14.0. The highest BCUT2D eigenvalue weighted by Gasteiger charge is 2.21. The lowest BCUT2D eigenvalue weighted by atomic mass is 9.92. The van der Waals surface area contributed by atoms with Gasteiger partial charge in [0.15, 0.2) is 0 Å². The molecule has 4 aromatic carbocycles. The summed E-state index contributed by atoms with van der Waals surface area (Å²) in [6, 6.07) is 30.0. The van der Waals surface area contributed by atoms with Crippen LogP contribution in [-0.2, 0) is 6.42 Å². The lowest BCUT2D eigenvalue weighted by Gasteiger charge is -2.22. The molecule has 0 N–H and O–H groups in total. The van der Waals surface area contributed by atoms with E-state index in [4.69, 9.17) is 23.2 Å². The van der Waals surface area contributed by atoms with E-state index in [1.54, 1.807) is 0 Å². The molecule has 0 bridgehead atoms. The minimum atomic E-state index is -0.0669. The van der Waals surface area contributed by atoms with Gasteiger partial charge in [-0.2, -0.15) is 0 Å². The third-order valence-corrected chi connectivity index (χ3v) is 6.73. The lowest BCUT2D eigenvalue weighted by Crippen LogP contribution is -2.23. The van der Waals surface area contributed by atoms with Crippen LogP contribution in [0.25, 0.3) is 38.5 Å². The Morgan fingerprint density at radius 3 is 2.15 bits per heavy atom. The Balaban J connectivity index is 1.97. The van der Waals surface area contributed by atoms with E-state index in [1.165, 1.54) is 0 Å². The standard InChI is InChI=1S/C29H23Cl2NO/c30-19-8-7-14-24-22-13-3-4-15-25(22)29(33)32(27-18-6-5-17-26(27)31)28(24)23-16-9-11-20-10-1-2-12-21(20)23/h1-6,9-13,15-18H,7-8,14,19H2. The van der Waals surface area contributed by atoms with E-state index in [0.29, 0.717) is 22.0 Å². The lowest BCUT2D eigenvalue weighted by molar-refractivity contribution is 0.797. The molecule has 0 aliphatic carbocycles. The predicted molar refractivity (Wildman–Crippen MR) is 141 cm³/mol. The number of aryl methyl sites for hydroxylation is 1. The third kappa shape index (κ3) is 3.94. The largest absolute Gasteiger partial charge is 0.275 e. The molecule has 33 heavy (non-hydrogen) atoms. The average Bonchev–Trinajstić information content (AvgIpc) is 2.86. The molecule has 0 saturated heterocycles. The minimum absolute atomic E-state index is 0.0669. The quantitative estimate of drug-likeness (QED) is 0.181. The molecular formula is C29H23Cl2NO. The van der Waals surface area contributed by atoms with Crippen LogP contribution in [0.1, 0.15) is 18.4 Å². The monoisotopic (exact) mass is 471 g/mol. The Morgan fingerprint density at radius 2 is 1.36 bits per heavy atom. The number of rotatable bonds is 6. The van der Waals surface area contributed by atoms with Gasteiger partial charge in [0.25, 0.3) is 5.56 Å². The van der Waals surface area contributed by atoms with Gasteiger partial charge in [0.1, 0.15) is 0 Å². The van der Waals surface area contributed by atoms with Crippen LogP contribution in [0.4, 0.5) is 0 Å². The molecule has 4 heteroatoms. The summed E-state index contributed by atoms with van der Waals surface area (Å²) in [7, 11) is 0. The number of para-hydroxylation sites is 1. The molecule has 1 aromatic heterocycles. The number of unbranched alkanes of at least 4 members (excludes halogenated alkanes) is 1. The van der Waals surface area contributed by atoms with Crippen LogP contribution in [0.2, 0.25) is 5.02 Å². The highest BCUT2D eigenvalue weighted by molar-refractivity contribution is 6.32. The second-order valence-corrected chi connectivity index (χ2v) is 8.92. The first kappa shape index (κ1) is 21.8. The van der Waals surface area contributed by atoms with E-state index in [9.17, 15) is 4.79 Å². The minimum Gasteiger partial charge on any atom is -0.275 e. The fourth-order valence-corrected chi connectivity index (χ4v) is 5.05. The first-order valence-electron chi connectivity index (χ1n) is 11.2. The first-order valence-corrected chi connectivity index (χ1v) is 12.1. The zero-order valence-corrected chi connectivity index (χ0v) is 19.6. The van der Waals surface area contributed by atoms with Gasteiger partial charge in [-0.05, 0) is 59.2 Å². The Morgan fingerprint density at radius 1 is 0.697 bits per heavy atom. The summed E-state index contributed by atoms with van der Waals surface area (Å²) in [5.41, 5.74) is 3.70. The van der Waals surface area contributed by atoms with E-state index in [-0.39, 0.29) is 5.56 Å².